The Labute approximate surface area is 240 Å². The van der Waals surface area contributed by atoms with Gasteiger partial charge in [-0.2, -0.15) is 0 Å². The quantitative estimate of drug-likeness (QED) is 0.176. The molecule has 2 aromatic carbocycles. The Hall–Kier alpha value is -4.18. The Morgan fingerprint density at radius 1 is 0.829 bits per heavy atom. The number of fused-ring (bicyclic) bond motifs is 1. The summed E-state index contributed by atoms with van der Waals surface area (Å²) in [6.45, 7) is 7.22. The molecule has 0 saturated carbocycles. The largest absolute Gasteiger partial charge is 0.480 e. The summed E-state index contributed by atoms with van der Waals surface area (Å²) in [4.78, 5) is 55.3. The summed E-state index contributed by atoms with van der Waals surface area (Å²) in [5.74, 6) is -3.30. The summed E-state index contributed by atoms with van der Waals surface area (Å²) in [5.41, 5.74) is 8.56. The third-order valence-electron chi connectivity index (χ3n) is 7.45. The number of nitrogens with one attached hydrogen (secondary N) is 4. The van der Waals surface area contributed by atoms with Gasteiger partial charge in [-0.3, -0.25) is 14.4 Å². The number of amides is 3. The van der Waals surface area contributed by atoms with Gasteiger partial charge in [0.05, 0.1) is 6.04 Å². The minimum absolute atomic E-state index is 0.129. The van der Waals surface area contributed by atoms with Crippen LogP contribution < -0.4 is 21.7 Å². The lowest BCUT2D eigenvalue weighted by Gasteiger charge is -2.27. The van der Waals surface area contributed by atoms with Crippen LogP contribution in [0.15, 0.2) is 60.8 Å². The molecule has 3 rings (SSSR count). The van der Waals surface area contributed by atoms with Gasteiger partial charge in [0.2, 0.25) is 17.7 Å². The van der Waals surface area contributed by atoms with E-state index in [1.807, 2.05) is 75.4 Å². The van der Waals surface area contributed by atoms with Crippen LogP contribution in [0.1, 0.15) is 45.2 Å². The van der Waals surface area contributed by atoms with Gasteiger partial charge in [0.1, 0.15) is 18.1 Å². The number of aromatic nitrogens is 1. The molecule has 10 heteroatoms. The van der Waals surface area contributed by atoms with Crippen molar-refractivity contribution in [3.8, 4) is 0 Å². The molecule has 0 aliphatic carbocycles. The first-order valence-electron chi connectivity index (χ1n) is 14.0. The summed E-state index contributed by atoms with van der Waals surface area (Å²) in [6, 6.07) is 12.7. The van der Waals surface area contributed by atoms with Gasteiger partial charge in [-0.25, -0.2) is 4.79 Å². The zero-order chi connectivity index (χ0) is 30.1. The molecule has 41 heavy (non-hydrogen) atoms. The van der Waals surface area contributed by atoms with Crippen molar-refractivity contribution in [3.05, 3.63) is 71.9 Å². The monoisotopic (exact) mass is 563 g/mol. The molecule has 0 fully saturated rings. The summed E-state index contributed by atoms with van der Waals surface area (Å²) in [7, 11) is 0. The molecule has 10 nitrogen and oxygen atoms in total. The van der Waals surface area contributed by atoms with E-state index in [-0.39, 0.29) is 24.7 Å². The van der Waals surface area contributed by atoms with Crippen LogP contribution >= 0.6 is 0 Å². The molecule has 5 unspecified atom stereocenters. The molecule has 0 saturated heterocycles. The minimum Gasteiger partial charge on any atom is -0.480 e. The molecule has 0 radical (unpaired) electrons. The van der Waals surface area contributed by atoms with Crippen molar-refractivity contribution in [2.24, 2.45) is 17.6 Å². The fourth-order valence-electron chi connectivity index (χ4n) is 4.57. The number of carboxylic acid groups (broad SMARTS) is 1. The third kappa shape index (κ3) is 8.40. The van der Waals surface area contributed by atoms with Crippen LogP contribution in [-0.4, -0.2) is 57.9 Å². The van der Waals surface area contributed by atoms with Crippen molar-refractivity contribution < 1.29 is 24.3 Å². The average Bonchev–Trinajstić information content (AvgIpc) is 3.37. The molecule has 3 amide bonds. The maximum Gasteiger partial charge on any atom is 0.326 e. The first-order chi connectivity index (χ1) is 19.5. The first kappa shape index (κ1) is 31.3. The number of benzene rings is 2. The van der Waals surface area contributed by atoms with Gasteiger partial charge in [0.15, 0.2) is 0 Å². The molecular weight excluding hydrogens is 522 g/mol. The Morgan fingerprint density at radius 2 is 1.41 bits per heavy atom. The van der Waals surface area contributed by atoms with Crippen molar-refractivity contribution in [1.82, 2.24) is 20.9 Å². The molecule has 1 aromatic heterocycles. The molecule has 0 bridgehead atoms. The van der Waals surface area contributed by atoms with Gasteiger partial charge in [0, 0.05) is 29.9 Å². The van der Waals surface area contributed by atoms with E-state index in [0.29, 0.717) is 6.42 Å². The van der Waals surface area contributed by atoms with Gasteiger partial charge in [0.25, 0.3) is 0 Å². The summed E-state index contributed by atoms with van der Waals surface area (Å²) >= 11 is 0. The zero-order valence-corrected chi connectivity index (χ0v) is 24.0. The lowest BCUT2D eigenvalue weighted by Crippen LogP contribution is -2.59. The van der Waals surface area contributed by atoms with E-state index >= 15 is 0 Å². The minimum atomic E-state index is -1.15. The number of H-pyrrole nitrogens is 1. The number of carbonyl (C=O) groups excluding carboxylic acids is 3. The topological polar surface area (TPSA) is 166 Å². The van der Waals surface area contributed by atoms with Crippen molar-refractivity contribution in [3.63, 3.8) is 0 Å². The highest BCUT2D eigenvalue weighted by molar-refractivity contribution is 5.95. The van der Waals surface area contributed by atoms with Crippen LogP contribution in [0.2, 0.25) is 0 Å². The second-order valence-electron chi connectivity index (χ2n) is 10.9. The normalized spacial score (nSPS) is 15.0. The molecule has 3 aromatic rings. The predicted octanol–water partition coefficient (Wildman–Crippen LogP) is 2.52. The highest BCUT2D eigenvalue weighted by Crippen LogP contribution is 2.20. The molecule has 220 valence electrons. The number of carbonyl (C=O) groups is 4. The Kier molecular flexibility index (Phi) is 11.0. The Morgan fingerprint density at radius 3 is 2.05 bits per heavy atom. The van der Waals surface area contributed by atoms with Crippen molar-refractivity contribution in [2.45, 2.75) is 71.1 Å². The highest BCUT2D eigenvalue weighted by Gasteiger charge is 2.32. The standard InChI is InChI=1S/C31H41N5O5/c1-5-19(4)27(31(40)41)36-29(38)24(15-20-11-7-6-8-12-20)34-28(37)25(35-30(39)26(32)18(2)3)16-21-17-33-23-14-10-9-13-22(21)23/h6-14,17-19,24-27,33H,5,15-16,32H2,1-4H3,(H,34,37)(H,35,39)(H,36,38)(H,40,41). The van der Waals surface area contributed by atoms with Crippen LogP contribution in [0.25, 0.3) is 10.9 Å². The first-order valence-corrected chi connectivity index (χ1v) is 14.0. The number of hydrogen-bond acceptors (Lipinski definition) is 5. The maximum absolute atomic E-state index is 13.8. The number of para-hydroxylation sites is 1. The van der Waals surface area contributed by atoms with Gasteiger partial charge in [-0.1, -0.05) is 82.6 Å². The molecule has 0 spiro atoms. The highest BCUT2D eigenvalue weighted by atomic mass is 16.4. The molecular formula is C31H41N5O5. The maximum atomic E-state index is 13.8. The molecule has 1 heterocycles. The van der Waals surface area contributed by atoms with Crippen molar-refractivity contribution >= 4 is 34.6 Å². The molecule has 7 N–H and O–H groups in total. The Balaban J connectivity index is 1.90. The fourth-order valence-corrected chi connectivity index (χ4v) is 4.57. The second kappa shape index (κ2) is 14.5. The molecule has 5 atom stereocenters. The summed E-state index contributed by atoms with van der Waals surface area (Å²) in [6.07, 6.45) is 2.61. The van der Waals surface area contributed by atoms with Crippen molar-refractivity contribution in [2.75, 3.05) is 0 Å². The lowest BCUT2D eigenvalue weighted by molar-refractivity contribution is -0.143. The number of carboxylic acids is 1. The fraction of sp³-hybridized carbons (Fsp3) is 0.419. The van der Waals surface area contributed by atoms with Crippen LogP contribution in [0, 0.1) is 11.8 Å². The van der Waals surface area contributed by atoms with E-state index < -0.39 is 47.9 Å². The third-order valence-corrected chi connectivity index (χ3v) is 7.45. The number of nitrogens with two attached hydrogens (primary N) is 1. The molecule has 0 aliphatic heterocycles. The molecule has 0 aliphatic rings. The second-order valence-corrected chi connectivity index (χ2v) is 10.9. The zero-order valence-electron chi connectivity index (χ0n) is 24.0. The van der Waals surface area contributed by atoms with Crippen LogP contribution in [0.4, 0.5) is 0 Å². The van der Waals surface area contributed by atoms with Gasteiger partial charge in [-0.05, 0) is 29.0 Å². The van der Waals surface area contributed by atoms with E-state index in [1.54, 1.807) is 13.1 Å². The predicted molar refractivity (Wildman–Crippen MR) is 158 cm³/mol. The van der Waals surface area contributed by atoms with E-state index in [1.165, 1.54) is 0 Å². The van der Waals surface area contributed by atoms with E-state index in [4.69, 9.17) is 5.73 Å². The number of hydrogen-bond donors (Lipinski definition) is 6. The number of rotatable bonds is 14. The average molecular weight is 564 g/mol. The van der Waals surface area contributed by atoms with E-state index in [0.717, 1.165) is 22.0 Å². The van der Waals surface area contributed by atoms with Crippen LogP contribution in [0.5, 0.6) is 0 Å². The van der Waals surface area contributed by atoms with Crippen LogP contribution in [-0.2, 0) is 32.0 Å². The van der Waals surface area contributed by atoms with E-state index in [2.05, 4.69) is 20.9 Å². The lowest BCUT2D eigenvalue weighted by atomic mass is 9.97. The number of aliphatic carboxylic acids is 1. The van der Waals surface area contributed by atoms with Crippen LogP contribution in [0.3, 0.4) is 0 Å². The van der Waals surface area contributed by atoms with Gasteiger partial charge in [-0.15, -0.1) is 0 Å². The summed E-state index contributed by atoms with van der Waals surface area (Å²) < 4.78 is 0. The van der Waals surface area contributed by atoms with Gasteiger partial charge >= 0.3 is 5.97 Å². The summed E-state index contributed by atoms with van der Waals surface area (Å²) in [5, 5.41) is 18.8. The van der Waals surface area contributed by atoms with Crippen molar-refractivity contribution in [1.29, 1.82) is 0 Å². The SMILES string of the molecule is CCC(C)C(NC(=O)C(Cc1ccccc1)NC(=O)C(Cc1c[nH]c2ccccc12)NC(=O)C(N)C(C)C)C(=O)O. The smallest absolute Gasteiger partial charge is 0.326 e. The Bertz CT molecular complexity index is 1340. The van der Waals surface area contributed by atoms with Gasteiger partial charge < -0.3 is 31.8 Å². The van der Waals surface area contributed by atoms with E-state index in [9.17, 15) is 24.3 Å². The number of aromatic amines is 1.